The van der Waals surface area contributed by atoms with E-state index in [9.17, 15) is 15.2 Å². The minimum atomic E-state index is -0.591. The predicted octanol–water partition coefficient (Wildman–Crippen LogP) is 0.951. The van der Waals surface area contributed by atoms with Gasteiger partial charge in [0.2, 0.25) is 0 Å². The molecule has 0 aromatic carbocycles. The maximum atomic E-state index is 10.6. The highest BCUT2D eigenvalue weighted by Gasteiger charge is 2.52. The summed E-state index contributed by atoms with van der Waals surface area (Å²) >= 11 is 0. The highest BCUT2D eigenvalue weighted by atomic mass is 16.6. The molecule has 2 fully saturated rings. The van der Waals surface area contributed by atoms with E-state index in [1.54, 1.807) is 0 Å². The van der Waals surface area contributed by atoms with E-state index in [4.69, 9.17) is 0 Å². The zero-order valence-corrected chi connectivity index (χ0v) is 9.24. The monoisotopic (exact) mass is 235 g/mol. The van der Waals surface area contributed by atoms with Crippen LogP contribution in [0.3, 0.4) is 0 Å². The highest BCUT2D eigenvalue weighted by Crippen LogP contribution is 2.45. The molecule has 1 aliphatic heterocycles. The molecule has 6 nitrogen and oxygen atoms in total. The maximum absolute atomic E-state index is 10.6. The quantitative estimate of drug-likeness (QED) is 0.623. The lowest BCUT2D eigenvalue weighted by atomic mass is 9.89. The minimum Gasteiger partial charge on any atom is -0.386 e. The Morgan fingerprint density at radius 1 is 1.53 bits per heavy atom. The van der Waals surface area contributed by atoms with Gasteiger partial charge in [-0.15, -0.1) is 0 Å². The summed E-state index contributed by atoms with van der Waals surface area (Å²) in [5.41, 5.74) is -0.552. The Kier molecular flexibility index (Phi) is 2.09. The number of rotatable bonds is 3. The van der Waals surface area contributed by atoms with Crippen LogP contribution in [0.2, 0.25) is 0 Å². The molecule has 0 bridgehead atoms. The van der Waals surface area contributed by atoms with Crippen molar-refractivity contribution in [2.45, 2.75) is 18.4 Å². The molecule has 1 aliphatic carbocycles. The van der Waals surface area contributed by atoms with Crippen molar-refractivity contribution in [1.82, 2.24) is 4.98 Å². The predicted molar refractivity (Wildman–Crippen MR) is 60.8 cm³/mol. The number of anilines is 1. The first-order valence-corrected chi connectivity index (χ1v) is 5.66. The van der Waals surface area contributed by atoms with E-state index in [1.165, 1.54) is 18.3 Å². The van der Waals surface area contributed by atoms with Gasteiger partial charge in [0.15, 0.2) is 0 Å². The van der Waals surface area contributed by atoms with Gasteiger partial charge in [-0.25, -0.2) is 4.98 Å². The highest BCUT2D eigenvalue weighted by molar-refractivity contribution is 5.50. The van der Waals surface area contributed by atoms with Crippen molar-refractivity contribution in [2.75, 3.05) is 18.0 Å². The fourth-order valence-electron chi connectivity index (χ4n) is 2.35. The Balaban J connectivity index is 1.74. The summed E-state index contributed by atoms with van der Waals surface area (Å²) in [5.74, 6) is 0.988. The Labute approximate surface area is 98.0 Å². The van der Waals surface area contributed by atoms with Crippen LogP contribution < -0.4 is 4.90 Å². The smallest absolute Gasteiger partial charge is 0.274 e. The molecule has 3 rings (SSSR count). The number of aliphatic hydroxyl groups is 1. The summed E-state index contributed by atoms with van der Waals surface area (Å²) in [7, 11) is 0. The van der Waals surface area contributed by atoms with E-state index in [0.29, 0.717) is 24.8 Å². The number of hydrogen-bond acceptors (Lipinski definition) is 5. The first kappa shape index (κ1) is 10.5. The van der Waals surface area contributed by atoms with Crippen molar-refractivity contribution in [3.05, 3.63) is 28.4 Å². The Morgan fingerprint density at radius 3 is 2.82 bits per heavy atom. The summed E-state index contributed by atoms with van der Waals surface area (Å²) in [5, 5.41) is 20.8. The lowest BCUT2D eigenvalue weighted by Gasteiger charge is -2.47. The van der Waals surface area contributed by atoms with Gasteiger partial charge >= 0.3 is 0 Å². The van der Waals surface area contributed by atoms with Crippen LogP contribution in [0, 0.1) is 16.0 Å². The molecule has 0 spiro atoms. The topological polar surface area (TPSA) is 79.5 Å². The lowest BCUT2D eigenvalue weighted by molar-refractivity contribution is -0.384. The van der Waals surface area contributed by atoms with E-state index in [0.717, 1.165) is 12.8 Å². The molecule has 1 aromatic heterocycles. The Hall–Kier alpha value is -1.69. The molecule has 2 heterocycles. The van der Waals surface area contributed by atoms with Crippen LogP contribution in [0.15, 0.2) is 18.3 Å². The number of nitrogens with zero attached hydrogens (tertiary/aromatic N) is 3. The van der Waals surface area contributed by atoms with Crippen molar-refractivity contribution in [3.8, 4) is 0 Å². The molecule has 6 heteroatoms. The van der Waals surface area contributed by atoms with E-state index in [-0.39, 0.29) is 5.69 Å². The fraction of sp³-hybridized carbons (Fsp3) is 0.545. The number of pyridine rings is 1. The van der Waals surface area contributed by atoms with Gasteiger partial charge in [0.1, 0.15) is 11.4 Å². The van der Waals surface area contributed by atoms with Gasteiger partial charge in [0.05, 0.1) is 24.1 Å². The SMILES string of the molecule is O=[N+]([O-])c1ccnc(N2CC(O)(C3CC3)C2)c1. The largest absolute Gasteiger partial charge is 0.386 e. The van der Waals surface area contributed by atoms with Crippen molar-refractivity contribution >= 4 is 11.5 Å². The van der Waals surface area contributed by atoms with E-state index in [2.05, 4.69) is 4.98 Å². The van der Waals surface area contributed by atoms with Crippen LogP contribution in [0.25, 0.3) is 0 Å². The molecule has 1 saturated heterocycles. The van der Waals surface area contributed by atoms with Gasteiger partial charge in [-0.1, -0.05) is 0 Å². The molecule has 0 amide bonds. The van der Waals surface area contributed by atoms with Crippen molar-refractivity contribution in [3.63, 3.8) is 0 Å². The van der Waals surface area contributed by atoms with Crippen molar-refractivity contribution < 1.29 is 10.0 Å². The van der Waals surface area contributed by atoms with Crippen LogP contribution in [0.4, 0.5) is 11.5 Å². The molecule has 1 N–H and O–H groups in total. The van der Waals surface area contributed by atoms with Gasteiger partial charge in [0, 0.05) is 12.3 Å². The van der Waals surface area contributed by atoms with E-state index < -0.39 is 10.5 Å². The summed E-state index contributed by atoms with van der Waals surface area (Å²) in [6.07, 6.45) is 3.61. The van der Waals surface area contributed by atoms with Gasteiger partial charge in [0.25, 0.3) is 5.69 Å². The normalized spacial score (nSPS) is 22.1. The molecule has 0 atom stereocenters. The maximum Gasteiger partial charge on any atom is 0.274 e. The van der Waals surface area contributed by atoms with Crippen LogP contribution in [-0.2, 0) is 0 Å². The number of hydrogen-bond donors (Lipinski definition) is 1. The molecule has 0 unspecified atom stereocenters. The molecule has 2 aliphatic rings. The third-order valence-corrected chi connectivity index (χ3v) is 3.53. The summed E-state index contributed by atoms with van der Waals surface area (Å²) in [4.78, 5) is 16.2. The average Bonchev–Trinajstić information content (AvgIpc) is 3.09. The van der Waals surface area contributed by atoms with Crippen molar-refractivity contribution in [2.24, 2.45) is 5.92 Å². The van der Waals surface area contributed by atoms with Gasteiger partial charge in [-0.3, -0.25) is 10.1 Å². The first-order valence-electron chi connectivity index (χ1n) is 5.66. The number of aromatic nitrogens is 1. The second-order valence-corrected chi connectivity index (χ2v) is 4.86. The van der Waals surface area contributed by atoms with Crippen LogP contribution in [0.1, 0.15) is 12.8 Å². The summed E-state index contributed by atoms with van der Waals surface area (Å²) in [6, 6.07) is 2.82. The van der Waals surface area contributed by atoms with Crippen LogP contribution in [0.5, 0.6) is 0 Å². The molecule has 0 radical (unpaired) electrons. The zero-order chi connectivity index (χ0) is 12.0. The Morgan fingerprint density at radius 2 is 2.24 bits per heavy atom. The molecule has 90 valence electrons. The molecular weight excluding hydrogens is 222 g/mol. The standard InChI is InChI=1S/C11H13N3O3/c15-11(8-1-2-8)6-13(7-11)10-5-9(14(16)17)3-4-12-10/h3-5,8,15H,1-2,6-7H2. The van der Waals surface area contributed by atoms with E-state index in [1.807, 2.05) is 4.90 Å². The second-order valence-electron chi connectivity index (χ2n) is 4.86. The second kappa shape index (κ2) is 3.40. The van der Waals surface area contributed by atoms with E-state index >= 15 is 0 Å². The Bertz CT molecular complexity index is 467. The molecule has 17 heavy (non-hydrogen) atoms. The minimum absolute atomic E-state index is 0.0388. The first-order chi connectivity index (χ1) is 8.08. The molecule has 1 saturated carbocycles. The zero-order valence-electron chi connectivity index (χ0n) is 9.24. The van der Waals surface area contributed by atoms with Crippen LogP contribution in [-0.4, -0.2) is 33.7 Å². The van der Waals surface area contributed by atoms with Gasteiger partial charge < -0.3 is 10.0 Å². The number of nitro groups is 1. The lowest BCUT2D eigenvalue weighted by Crippen LogP contribution is -2.63. The van der Waals surface area contributed by atoms with Crippen LogP contribution >= 0.6 is 0 Å². The molecular formula is C11H13N3O3. The summed E-state index contributed by atoms with van der Waals surface area (Å²) < 4.78 is 0. The summed E-state index contributed by atoms with van der Waals surface area (Å²) in [6.45, 7) is 1.07. The molecule has 1 aromatic rings. The van der Waals surface area contributed by atoms with Gasteiger partial charge in [-0.05, 0) is 18.8 Å². The van der Waals surface area contributed by atoms with Crippen molar-refractivity contribution in [1.29, 1.82) is 0 Å². The fourth-order valence-corrected chi connectivity index (χ4v) is 2.35. The number of β-amino-alcohol motifs (C(OH)–C–C–N with tert-alkyl or cyclic N) is 1. The third-order valence-electron chi connectivity index (χ3n) is 3.53. The third kappa shape index (κ3) is 1.74. The van der Waals surface area contributed by atoms with Gasteiger partial charge in [-0.2, -0.15) is 0 Å². The average molecular weight is 235 g/mol.